The Balaban J connectivity index is 1.27. The first kappa shape index (κ1) is 31.6. The highest BCUT2D eigenvalue weighted by molar-refractivity contribution is 5.87. The molecule has 4 aromatic carbocycles. The lowest BCUT2D eigenvalue weighted by atomic mass is 9.97. The Hall–Kier alpha value is -3.82. The molecule has 2 amide bonds. The molecule has 44 heavy (non-hydrogen) atoms. The molecule has 7 N–H and O–H groups in total. The van der Waals surface area contributed by atoms with Crippen molar-refractivity contribution in [2.24, 2.45) is 17.2 Å². The van der Waals surface area contributed by atoms with Crippen LogP contribution < -0.4 is 22.5 Å². The molecule has 0 aliphatic carbocycles. The van der Waals surface area contributed by atoms with Gasteiger partial charge in [-0.2, -0.15) is 0 Å². The molecule has 4 aromatic rings. The van der Waals surface area contributed by atoms with Crippen LogP contribution in [0, 0.1) is 0 Å². The molecule has 1 saturated heterocycles. The molecule has 8 nitrogen and oxygen atoms in total. The van der Waals surface area contributed by atoms with E-state index in [0.717, 1.165) is 58.6 Å². The SMILES string of the molecule is C[C@@H]1CN(C(=O)C(N)Cc2ccc3ccccc3c2)C(CCCNCCN)CN1C(=O)C(N)Cc1ccc2ccccc2c1. The van der Waals surface area contributed by atoms with Gasteiger partial charge in [0.2, 0.25) is 11.8 Å². The maximum absolute atomic E-state index is 13.9. The van der Waals surface area contributed by atoms with Crippen LogP contribution in [-0.4, -0.2) is 78.5 Å². The Kier molecular flexibility index (Phi) is 10.6. The predicted molar refractivity (Wildman–Crippen MR) is 179 cm³/mol. The zero-order valence-corrected chi connectivity index (χ0v) is 25.7. The number of carbonyl (C=O) groups is 2. The van der Waals surface area contributed by atoms with Gasteiger partial charge in [-0.25, -0.2) is 0 Å². The fraction of sp³-hybridized carbons (Fsp3) is 0.389. The highest BCUT2D eigenvalue weighted by Gasteiger charge is 2.39. The lowest BCUT2D eigenvalue weighted by Gasteiger charge is -2.47. The maximum atomic E-state index is 13.9. The lowest BCUT2D eigenvalue weighted by molar-refractivity contribution is -0.148. The summed E-state index contributed by atoms with van der Waals surface area (Å²) in [6.07, 6.45) is 2.52. The molecular formula is C36H46N6O2. The smallest absolute Gasteiger partial charge is 0.240 e. The Labute approximate surface area is 260 Å². The number of hydrogen-bond acceptors (Lipinski definition) is 6. The van der Waals surface area contributed by atoms with Crippen molar-refractivity contribution >= 4 is 33.4 Å². The number of nitrogens with two attached hydrogens (primary N) is 3. The van der Waals surface area contributed by atoms with E-state index in [1.165, 1.54) is 0 Å². The molecule has 5 rings (SSSR count). The molecule has 1 heterocycles. The third kappa shape index (κ3) is 7.63. The number of fused-ring (bicyclic) bond motifs is 2. The van der Waals surface area contributed by atoms with Gasteiger partial charge in [-0.3, -0.25) is 9.59 Å². The zero-order valence-electron chi connectivity index (χ0n) is 25.7. The van der Waals surface area contributed by atoms with Crippen LogP contribution >= 0.6 is 0 Å². The van der Waals surface area contributed by atoms with Crippen LogP contribution in [0.1, 0.15) is 30.9 Å². The van der Waals surface area contributed by atoms with Gasteiger partial charge in [-0.15, -0.1) is 0 Å². The summed E-state index contributed by atoms with van der Waals surface area (Å²) >= 11 is 0. The predicted octanol–water partition coefficient (Wildman–Crippen LogP) is 3.19. The molecule has 1 aliphatic rings. The maximum Gasteiger partial charge on any atom is 0.240 e. The van der Waals surface area contributed by atoms with Crippen LogP contribution in [0.5, 0.6) is 0 Å². The van der Waals surface area contributed by atoms with Crippen LogP contribution in [0.2, 0.25) is 0 Å². The van der Waals surface area contributed by atoms with Gasteiger partial charge in [-0.1, -0.05) is 84.9 Å². The van der Waals surface area contributed by atoms with E-state index in [-0.39, 0.29) is 23.9 Å². The Morgan fingerprint density at radius 2 is 1.27 bits per heavy atom. The first-order valence-corrected chi connectivity index (χ1v) is 15.8. The van der Waals surface area contributed by atoms with Crippen LogP contribution in [0.3, 0.4) is 0 Å². The average Bonchev–Trinajstić information content (AvgIpc) is 3.04. The Bertz CT molecular complexity index is 1570. The molecule has 3 unspecified atom stereocenters. The van der Waals surface area contributed by atoms with Gasteiger partial charge < -0.3 is 32.3 Å². The molecule has 4 atom stereocenters. The van der Waals surface area contributed by atoms with Gasteiger partial charge in [0.25, 0.3) is 0 Å². The standard InChI is InChI=1S/C36H46N6O2/c1-25-23-42(36(44)34(39)22-27-13-15-29-8-3-5-10-31(29)20-27)32(11-6-17-40-18-16-37)24-41(25)35(43)33(38)21-26-12-14-28-7-2-4-9-30(28)19-26/h2-5,7-10,12-15,19-20,25,32-34,40H,6,11,16-18,21-24,37-39H2,1H3/t25-,32?,33?,34?/m1/s1. The normalized spacial score (nSPS) is 18.5. The molecule has 0 spiro atoms. The van der Waals surface area contributed by atoms with Gasteiger partial charge in [0.1, 0.15) is 0 Å². The second-order valence-electron chi connectivity index (χ2n) is 12.1. The Morgan fingerprint density at radius 3 is 1.82 bits per heavy atom. The Morgan fingerprint density at radius 1 is 0.750 bits per heavy atom. The highest BCUT2D eigenvalue weighted by atomic mass is 16.2. The van der Waals surface area contributed by atoms with E-state index in [1.807, 2.05) is 53.1 Å². The summed E-state index contributed by atoms with van der Waals surface area (Å²) in [6, 6.07) is 27.2. The minimum atomic E-state index is -0.668. The minimum Gasteiger partial charge on any atom is -0.335 e. The van der Waals surface area contributed by atoms with E-state index in [4.69, 9.17) is 17.2 Å². The van der Waals surface area contributed by atoms with Crippen LogP contribution in [0.15, 0.2) is 84.9 Å². The molecule has 1 aliphatic heterocycles. The molecule has 8 heteroatoms. The van der Waals surface area contributed by atoms with Gasteiger partial charge in [0, 0.05) is 38.3 Å². The first-order chi connectivity index (χ1) is 21.3. The monoisotopic (exact) mass is 594 g/mol. The molecule has 1 fully saturated rings. The van der Waals surface area contributed by atoms with E-state index >= 15 is 0 Å². The van der Waals surface area contributed by atoms with Crippen molar-refractivity contribution < 1.29 is 9.59 Å². The van der Waals surface area contributed by atoms with Crippen molar-refractivity contribution in [3.63, 3.8) is 0 Å². The number of nitrogens with zero attached hydrogens (tertiary/aromatic N) is 2. The van der Waals surface area contributed by atoms with Crippen LogP contribution in [0.4, 0.5) is 0 Å². The van der Waals surface area contributed by atoms with Crippen molar-refractivity contribution in [1.29, 1.82) is 0 Å². The summed E-state index contributed by atoms with van der Waals surface area (Å²) in [5.74, 6) is -0.151. The first-order valence-electron chi connectivity index (χ1n) is 15.8. The van der Waals surface area contributed by atoms with E-state index in [2.05, 4.69) is 53.8 Å². The number of rotatable bonds is 12. The van der Waals surface area contributed by atoms with E-state index in [0.29, 0.717) is 32.5 Å². The van der Waals surface area contributed by atoms with Gasteiger partial charge in [-0.05, 0) is 71.8 Å². The topological polar surface area (TPSA) is 131 Å². The summed E-state index contributed by atoms with van der Waals surface area (Å²) in [5, 5.41) is 7.92. The molecular weight excluding hydrogens is 548 g/mol. The number of piperazine rings is 1. The molecule has 0 aromatic heterocycles. The van der Waals surface area contributed by atoms with Crippen molar-refractivity contribution in [1.82, 2.24) is 15.1 Å². The molecule has 0 bridgehead atoms. The molecule has 0 saturated carbocycles. The van der Waals surface area contributed by atoms with Crippen LogP contribution in [0.25, 0.3) is 21.5 Å². The van der Waals surface area contributed by atoms with Crippen molar-refractivity contribution in [2.45, 2.75) is 56.8 Å². The van der Waals surface area contributed by atoms with E-state index in [1.54, 1.807) is 0 Å². The number of nitrogens with one attached hydrogen (secondary N) is 1. The number of carbonyl (C=O) groups excluding carboxylic acids is 2. The molecule has 0 radical (unpaired) electrons. The average molecular weight is 595 g/mol. The van der Waals surface area contributed by atoms with Crippen molar-refractivity contribution in [3.05, 3.63) is 96.1 Å². The zero-order chi connectivity index (χ0) is 31.1. The third-order valence-corrected chi connectivity index (χ3v) is 8.79. The fourth-order valence-electron chi connectivity index (χ4n) is 6.39. The van der Waals surface area contributed by atoms with Crippen molar-refractivity contribution in [2.75, 3.05) is 32.7 Å². The second-order valence-corrected chi connectivity index (χ2v) is 12.1. The van der Waals surface area contributed by atoms with E-state index in [9.17, 15) is 9.59 Å². The van der Waals surface area contributed by atoms with Gasteiger partial charge in [0.15, 0.2) is 0 Å². The van der Waals surface area contributed by atoms with Gasteiger partial charge >= 0.3 is 0 Å². The number of benzene rings is 4. The van der Waals surface area contributed by atoms with Crippen molar-refractivity contribution in [3.8, 4) is 0 Å². The summed E-state index contributed by atoms with van der Waals surface area (Å²) in [6.45, 7) is 4.98. The number of hydrogen-bond donors (Lipinski definition) is 4. The second kappa shape index (κ2) is 14.8. The summed E-state index contributed by atoms with van der Waals surface area (Å²) < 4.78 is 0. The molecule has 232 valence electrons. The summed E-state index contributed by atoms with van der Waals surface area (Å²) in [7, 11) is 0. The lowest BCUT2D eigenvalue weighted by Crippen LogP contribution is -2.64. The third-order valence-electron chi connectivity index (χ3n) is 8.79. The quantitative estimate of drug-likeness (QED) is 0.186. The fourth-order valence-corrected chi connectivity index (χ4v) is 6.39. The summed E-state index contributed by atoms with van der Waals surface area (Å²) in [4.78, 5) is 31.4. The largest absolute Gasteiger partial charge is 0.335 e. The van der Waals surface area contributed by atoms with Gasteiger partial charge in [0.05, 0.1) is 12.1 Å². The van der Waals surface area contributed by atoms with Crippen LogP contribution in [-0.2, 0) is 22.4 Å². The highest BCUT2D eigenvalue weighted by Crippen LogP contribution is 2.23. The minimum absolute atomic E-state index is 0.0718. The number of amides is 2. The summed E-state index contributed by atoms with van der Waals surface area (Å²) in [5.41, 5.74) is 20.8. The van der Waals surface area contributed by atoms with E-state index < -0.39 is 12.1 Å².